The molecule has 180 valence electrons. The van der Waals surface area contributed by atoms with Gasteiger partial charge >= 0.3 is 0 Å². The Morgan fingerprint density at radius 2 is 1.59 bits per heavy atom. The first kappa shape index (κ1) is 26.2. The average Bonchev–Trinajstić information content (AvgIpc) is 2.81. The van der Waals surface area contributed by atoms with Crippen LogP contribution in [0.15, 0.2) is 70.0 Å². The normalized spacial score (nSPS) is 11.4. The molecule has 7 nitrogen and oxygen atoms in total. The summed E-state index contributed by atoms with van der Waals surface area (Å²) in [4.78, 5) is 9.15. The Morgan fingerprint density at radius 3 is 2.41 bits per heavy atom. The summed E-state index contributed by atoms with van der Waals surface area (Å²) in [6, 6.07) is 18.6. The van der Waals surface area contributed by atoms with E-state index in [-0.39, 0.29) is 12.4 Å². The van der Waals surface area contributed by atoms with Crippen LogP contribution >= 0.6 is 28.3 Å². The van der Waals surface area contributed by atoms with E-state index >= 15 is 0 Å². The van der Waals surface area contributed by atoms with Gasteiger partial charge in [0.25, 0.3) is 0 Å². The van der Waals surface area contributed by atoms with Crippen molar-refractivity contribution in [1.82, 2.24) is 14.7 Å². The van der Waals surface area contributed by atoms with Crippen molar-refractivity contribution < 1.29 is 8.42 Å². The van der Waals surface area contributed by atoms with Crippen molar-refractivity contribution in [3.8, 4) is 0 Å². The first-order chi connectivity index (χ1) is 15.9. The van der Waals surface area contributed by atoms with Gasteiger partial charge in [0.2, 0.25) is 16.0 Å². The fourth-order valence-corrected chi connectivity index (χ4v) is 5.38. The zero-order chi connectivity index (χ0) is 23.3. The van der Waals surface area contributed by atoms with Crippen molar-refractivity contribution in [2.45, 2.75) is 30.6 Å². The number of sulfonamides is 1. The van der Waals surface area contributed by atoms with Crippen LogP contribution in [0.1, 0.15) is 25.7 Å². The second-order valence-electron chi connectivity index (χ2n) is 7.81. The van der Waals surface area contributed by atoms with Crippen molar-refractivity contribution in [3.05, 3.63) is 65.1 Å². The second-order valence-corrected chi connectivity index (χ2v) is 10.5. The summed E-state index contributed by atoms with van der Waals surface area (Å²) < 4.78 is 29.1. The molecule has 0 aliphatic carbocycles. The lowest BCUT2D eigenvalue weighted by Gasteiger charge is -2.10. The molecule has 0 saturated heterocycles. The molecule has 0 radical (unpaired) electrons. The van der Waals surface area contributed by atoms with Crippen molar-refractivity contribution >= 4 is 71.8 Å². The standard InChI is InChI=1S/C24H26BrN5O2S.ClH/c25-18-12-13-21-20(16-18)23(26)30-24(29-21)27-14-5-1-2-6-15-28-33(31,32)22-11-7-9-17-8-3-4-10-19(17)22;/h3-4,7-13,16,28H,1-2,5-6,14-15H2,(H3,26,27,29,30);1H. The minimum atomic E-state index is -3.54. The van der Waals surface area contributed by atoms with E-state index in [4.69, 9.17) is 5.73 Å². The Bertz CT molecular complexity index is 1380. The smallest absolute Gasteiger partial charge is 0.241 e. The average molecular weight is 565 g/mol. The number of fused-ring (bicyclic) bond motifs is 2. The van der Waals surface area contributed by atoms with Gasteiger partial charge in [0.05, 0.1) is 10.4 Å². The zero-order valence-electron chi connectivity index (χ0n) is 18.5. The molecule has 0 fully saturated rings. The van der Waals surface area contributed by atoms with E-state index in [1.54, 1.807) is 12.1 Å². The quantitative estimate of drug-likeness (QED) is 0.219. The first-order valence-corrected chi connectivity index (χ1v) is 13.2. The van der Waals surface area contributed by atoms with Crippen molar-refractivity contribution in [2.75, 3.05) is 24.1 Å². The molecular weight excluding hydrogens is 538 g/mol. The van der Waals surface area contributed by atoms with Gasteiger partial charge in [-0.25, -0.2) is 18.1 Å². The topological polar surface area (TPSA) is 110 Å². The number of rotatable bonds is 10. The lowest BCUT2D eigenvalue weighted by molar-refractivity contribution is 0.573. The molecule has 34 heavy (non-hydrogen) atoms. The molecule has 0 spiro atoms. The zero-order valence-corrected chi connectivity index (χ0v) is 21.7. The van der Waals surface area contributed by atoms with Gasteiger partial charge in [-0.3, -0.25) is 0 Å². The number of nitrogens with two attached hydrogens (primary N) is 1. The number of hydrogen-bond donors (Lipinski definition) is 3. The number of nitrogens with zero attached hydrogens (tertiary/aromatic N) is 2. The number of nitrogen functional groups attached to an aromatic ring is 1. The second kappa shape index (κ2) is 11.8. The third-order valence-electron chi connectivity index (χ3n) is 5.41. The van der Waals surface area contributed by atoms with Crippen LogP contribution in [0.2, 0.25) is 0 Å². The Balaban J connectivity index is 0.00000324. The van der Waals surface area contributed by atoms with Crippen molar-refractivity contribution in [2.24, 2.45) is 0 Å². The number of aromatic nitrogens is 2. The van der Waals surface area contributed by atoms with E-state index in [9.17, 15) is 8.42 Å². The molecule has 10 heteroatoms. The molecule has 4 N–H and O–H groups in total. The Kier molecular flexibility index (Phi) is 9.07. The highest BCUT2D eigenvalue weighted by Gasteiger charge is 2.16. The van der Waals surface area contributed by atoms with Gasteiger partial charge in [0, 0.05) is 28.3 Å². The molecule has 0 saturated carbocycles. The van der Waals surface area contributed by atoms with Gasteiger partial charge in [0.1, 0.15) is 5.82 Å². The predicted molar refractivity (Wildman–Crippen MR) is 145 cm³/mol. The van der Waals surface area contributed by atoms with Crippen LogP contribution in [0.25, 0.3) is 21.7 Å². The van der Waals surface area contributed by atoms with Gasteiger partial charge < -0.3 is 11.1 Å². The van der Waals surface area contributed by atoms with Gasteiger partial charge in [-0.15, -0.1) is 12.4 Å². The summed E-state index contributed by atoms with van der Waals surface area (Å²) in [6.45, 7) is 1.14. The molecule has 0 atom stereocenters. The number of anilines is 2. The molecule has 0 unspecified atom stereocenters. The molecule has 0 amide bonds. The van der Waals surface area contributed by atoms with E-state index in [0.29, 0.717) is 23.2 Å². The SMILES string of the molecule is Cl.Nc1nc(NCCCCCCNS(=O)(=O)c2cccc3ccccc23)nc2ccc(Br)cc12. The molecule has 0 aliphatic heterocycles. The third-order valence-corrected chi connectivity index (χ3v) is 7.42. The maximum Gasteiger partial charge on any atom is 0.241 e. The van der Waals surface area contributed by atoms with E-state index in [2.05, 4.69) is 35.9 Å². The largest absolute Gasteiger partial charge is 0.383 e. The molecular formula is C24H27BrClN5O2S. The number of halogens is 2. The Morgan fingerprint density at radius 1 is 0.853 bits per heavy atom. The highest BCUT2D eigenvalue weighted by Crippen LogP contribution is 2.24. The molecule has 0 bridgehead atoms. The summed E-state index contributed by atoms with van der Waals surface area (Å²) in [5, 5.41) is 5.69. The van der Waals surface area contributed by atoms with E-state index in [1.165, 1.54) is 0 Å². The van der Waals surface area contributed by atoms with E-state index < -0.39 is 10.0 Å². The number of hydrogen-bond acceptors (Lipinski definition) is 6. The fourth-order valence-electron chi connectivity index (χ4n) is 3.72. The molecule has 4 aromatic rings. The fraction of sp³-hybridized carbons (Fsp3) is 0.250. The van der Waals surface area contributed by atoms with Crippen molar-refractivity contribution in [1.29, 1.82) is 0 Å². The summed E-state index contributed by atoms with van der Waals surface area (Å²) >= 11 is 3.43. The monoisotopic (exact) mass is 563 g/mol. The maximum absolute atomic E-state index is 12.7. The summed E-state index contributed by atoms with van der Waals surface area (Å²) in [6.07, 6.45) is 3.60. The first-order valence-electron chi connectivity index (χ1n) is 10.9. The van der Waals surface area contributed by atoms with E-state index in [0.717, 1.165) is 58.4 Å². The van der Waals surface area contributed by atoms with Crippen LogP contribution in [0.5, 0.6) is 0 Å². The number of benzene rings is 3. The molecule has 1 aromatic heterocycles. The van der Waals surface area contributed by atoms with Gasteiger partial charge in [-0.1, -0.05) is 65.2 Å². The predicted octanol–water partition coefficient (Wildman–Crippen LogP) is 5.50. The lowest BCUT2D eigenvalue weighted by Crippen LogP contribution is -2.25. The van der Waals surface area contributed by atoms with Gasteiger partial charge in [-0.2, -0.15) is 4.98 Å². The van der Waals surface area contributed by atoms with Crippen LogP contribution in [-0.2, 0) is 10.0 Å². The highest BCUT2D eigenvalue weighted by molar-refractivity contribution is 9.10. The van der Waals surface area contributed by atoms with Crippen LogP contribution < -0.4 is 15.8 Å². The van der Waals surface area contributed by atoms with Crippen LogP contribution in [0, 0.1) is 0 Å². The summed E-state index contributed by atoms with van der Waals surface area (Å²) in [5.74, 6) is 0.965. The molecule has 0 aliphatic rings. The van der Waals surface area contributed by atoms with Gasteiger partial charge in [-0.05, 0) is 42.5 Å². The Hall–Kier alpha value is -2.46. The molecule has 3 aromatic carbocycles. The van der Waals surface area contributed by atoms with Crippen LogP contribution in [0.4, 0.5) is 11.8 Å². The molecule has 1 heterocycles. The Labute approximate surface area is 214 Å². The minimum absolute atomic E-state index is 0. The minimum Gasteiger partial charge on any atom is -0.383 e. The van der Waals surface area contributed by atoms with Gasteiger partial charge in [0.15, 0.2) is 0 Å². The summed E-state index contributed by atoms with van der Waals surface area (Å²) in [5.41, 5.74) is 6.85. The summed E-state index contributed by atoms with van der Waals surface area (Å²) in [7, 11) is -3.54. The number of unbranched alkanes of at least 4 members (excludes halogenated alkanes) is 3. The maximum atomic E-state index is 12.7. The number of nitrogens with one attached hydrogen (secondary N) is 2. The highest BCUT2D eigenvalue weighted by atomic mass is 79.9. The van der Waals surface area contributed by atoms with Crippen LogP contribution in [-0.4, -0.2) is 31.5 Å². The third kappa shape index (κ3) is 6.35. The van der Waals surface area contributed by atoms with E-state index in [1.807, 2.05) is 48.5 Å². The lowest BCUT2D eigenvalue weighted by atomic mass is 10.1. The van der Waals surface area contributed by atoms with Crippen molar-refractivity contribution in [3.63, 3.8) is 0 Å². The van der Waals surface area contributed by atoms with Crippen LogP contribution in [0.3, 0.4) is 0 Å². The molecule has 4 rings (SSSR count).